The Labute approximate surface area is 192 Å². The largest absolute Gasteiger partial charge is 0.318 e. The molecule has 1 fully saturated rings. The Bertz CT molecular complexity index is 1250. The number of amides is 2. The van der Waals surface area contributed by atoms with E-state index >= 15 is 0 Å². The van der Waals surface area contributed by atoms with Crippen molar-refractivity contribution in [2.45, 2.75) is 13.8 Å². The fourth-order valence-electron chi connectivity index (χ4n) is 3.56. The van der Waals surface area contributed by atoms with Crippen molar-refractivity contribution in [1.82, 2.24) is 9.88 Å². The molecule has 1 aromatic heterocycles. The van der Waals surface area contributed by atoms with Gasteiger partial charge < -0.3 is 4.57 Å². The van der Waals surface area contributed by atoms with Crippen LogP contribution in [0.4, 0.5) is 10.1 Å². The van der Waals surface area contributed by atoms with Crippen molar-refractivity contribution >= 4 is 56.8 Å². The third-order valence-electron chi connectivity index (χ3n) is 5.04. The summed E-state index contributed by atoms with van der Waals surface area (Å²) in [6.07, 6.45) is 1.56. The number of hydrogen-bond donors (Lipinski definition) is 1. The fraction of sp³-hybridized carbons (Fsp3) is 0.0870. The summed E-state index contributed by atoms with van der Waals surface area (Å²) in [4.78, 5) is 26.9. The lowest BCUT2D eigenvalue weighted by Gasteiger charge is -2.28. The minimum absolute atomic E-state index is 0.0425. The molecule has 0 atom stereocenters. The summed E-state index contributed by atoms with van der Waals surface area (Å²) in [6.45, 7) is 3.88. The molecule has 0 unspecified atom stereocenters. The lowest BCUT2D eigenvalue weighted by atomic mass is 10.1. The van der Waals surface area contributed by atoms with Gasteiger partial charge in [0.1, 0.15) is 11.4 Å². The molecule has 3 aromatic rings. The van der Waals surface area contributed by atoms with Crippen molar-refractivity contribution < 1.29 is 14.0 Å². The molecule has 156 valence electrons. The molecule has 1 aliphatic heterocycles. The van der Waals surface area contributed by atoms with E-state index in [-0.39, 0.29) is 10.7 Å². The molecule has 0 bridgehead atoms. The smallest absolute Gasteiger partial charge is 0.270 e. The van der Waals surface area contributed by atoms with Crippen LogP contribution in [0.25, 0.3) is 11.8 Å². The Balaban J connectivity index is 1.75. The van der Waals surface area contributed by atoms with E-state index in [1.165, 1.54) is 29.2 Å². The van der Waals surface area contributed by atoms with Crippen LogP contribution in [0.15, 0.2) is 64.6 Å². The molecular weight excluding hydrogens is 481 g/mol. The molecule has 31 heavy (non-hydrogen) atoms. The highest BCUT2D eigenvalue weighted by Crippen LogP contribution is 2.26. The molecule has 1 aliphatic rings. The molecular formula is C23H17BrFN3O2S. The monoisotopic (exact) mass is 497 g/mol. The lowest BCUT2D eigenvalue weighted by molar-refractivity contribution is -0.122. The second-order valence-electron chi connectivity index (χ2n) is 7.07. The predicted molar refractivity (Wildman–Crippen MR) is 126 cm³/mol. The first-order chi connectivity index (χ1) is 14.8. The number of aryl methyl sites for hydroxylation is 1. The molecule has 0 spiro atoms. The first-order valence-corrected chi connectivity index (χ1v) is 10.6. The van der Waals surface area contributed by atoms with Gasteiger partial charge >= 0.3 is 0 Å². The van der Waals surface area contributed by atoms with Crippen molar-refractivity contribution in [1.29, 1.82) is 0 Å². The summed E-state index contributed by atoms with van der Waals surface area (Å²) in [5, 5.41) is 2.50. The van der Waals surface area contributed by atoms with Crippen molar-refractivity contribution in [3.63, 3.8) is 0 Å². The van der Waals surface area contributed by atoms with E-state index in [0.29, 0.717) is 5.69 Å². The average Bonchev–Trinajstić information content (AvgIpc) is 3.00. The van der Waals surface area contributed by atoms with E-state index in [2.05, 4.69) is 21.2 Å². The van der Waals surface area contributed by atoms with Crippen LogP contribution < -0.4 is 10.2 Å². The highest BCUT2D eigenvalue weighted by Gasteiger charge is 2.34. The predicted octanol–water partition coefficient (Wildman–Crippen LogP) is 4.83. The van der Waals surface area contributed by atoms with Gasteiger partial charge in [-0.3, -0.25) is 19.8 Å². The first kappa shape index (κ1) is 21.1. The summed E-state index contributed by atoms with van der Waals surface area (Å²) in [5.74, 6) is -1.56. The zero-order chi connectivity index (χ0) is 22.3. The molecule has 2 heterocycles. The van der Waals surface area contributed by atoms with Gasteiger partial charge in [0.2, 0.25) is 0 Å². The molecule has 4 rings (SSSR count). The van der Waals surface area contributed by atoms with Crippen LogP contribution >= 0.6 is 28.1 Å². The van der Waals surface area contributed by atoms with Crippen LogP contribution in [0.3, 0.4) is 0 Å². The summed E-state index contributed by atoms with van der Waals surface area (Å²) >= 11 is 8.62. The minimum atomic E-state index is -0.568. The number of nitrogens with zero attached hydrogens (tertiary/aromatic N) is 2. The van der Waals surface area contributed by atoms with E-state index in [0.717, 1.165) is 27.1 Å². The Kier molecular flexibility index (Phi) is 5.60. The van der Waals surface area contributed by atoms with Gasteiger partial charge in [-0.25, -0.2) is 4.39 Å². The number of carbonyl (C=O) groups excluding carboxylic acids is 2. The zero-order valence-corrected chi connectivity index (χ0v) is 19.1. The van der Waals surface area contributed by atoms with Gasteiger partial charge in [-0.15, -0.1) is 0 Å². The maximum absolute atomic E-state index is 13.3. The summed E-state index contributed by atoms with van der Waals surface area (Å²) in [7, 11) is 0. The number of hydrogen-bond acceptors (Lipinski definition) is 3. The summed E-state index contributed by atoms with van der Waals surface area (Å²) in [6, 6.07) is 15.1. The average molecular weight is 498 g/mol. The topological polar surface area (TPSA) is 54.3 Å². The van der Waals surface area contributed by atoms with E-state index in [4.69, 9.17) is 12.2 Å². The quantitative estimate of drug-likeness (QED) is 0.320. The second-order valence-corrected chi connectivity index (χ2v) is 8.37. The minimum Gasteiger partial charge on any atom is -0.318 e. The van der Waals surface area contributed by atoms with Crippen LogP contribution in [0.1, 0.15) is 17.0 Å². The van der Waals surface area contributed by atoms with E-state index < -0.39 is 17.6 Å². The Morgan fingerprint density at radius 1 is 1.00 bits per heavy atom. The number of nitrogens with one attached hydrogen (secondary N) is 1. The molecule has 0 radical (unpaired) electrons. The molecule has 0 saturated carbocycles. The van der Waals surface area contributed by atoms with Gasteiger partial charge in [-0.1, -0.05) is 15.9 Å². The number of rotatable bonds is 3. The van der Waals surface area contributed by atoms with Gasteiger partial charge in [-0.05, 0) is 92.3 Å². The molecule has 8 heteroatoms. The van der Waals surface area contributed by atoms with Crippen LogP contribution in [-0.4, -0.2) is 21.5 Å². The standard InChI is InChI=1S/C23H17BrFN3O2S/c1-13-11-15(14(2)27(13)18-7-3-16(24)4-8-18)12-20-21(29)26-23(31)28(22(20)30)19-9-5-17(25)6-10-19/h3-12H,1-2H3,(H,26,29,31)/b20-12+. The van der Waals surface area contributed by atoms with Crippen LogP contribution in [-0.2, 0) is 9.59 Å². The number of anilines is 1. The third kappa shape index (κ3) is 3.96. The van der Waals surface area contributed by atoms with Gasteiger partial charge in [0.15, 0.2) is 5.11 Å². The lowest BCUT2D eigenvalue weighted by Crippen LogP contribution is -2.54. The molecule has 2 amide bonds. The van der Waals surface area contributed by atoms with Gasteiger partial charge in [0.05, 0.1) is 5.69 Å². The van der Waals surface area contributed by atoms with E-state index in [1.807, 2.05) is 48.7 Å². The normalized spacial score (nSPS) is 15.5. The molecule has 2 aromatic carbocycles. The van der Waals surface area contributed by atoms with Crippen molar-refractivity contribution in [2.75, 3.05) is 4.90 Å². The number of carbonyl (C=O) groups is 2. The molecule has 1 saturated heterocycles. The summed E-state index contributed by atoms with van der Waals surface area (Å²) in [5.41, 5.74) is 3.88. The molecule has 0 aliphatic carbocycles. The number of thiocarbonyl (C=S) groups is 1. The maximum Gasteiger partial charge on any atom is 0.270 e. The van der Waals surface area contributed by atoms with Gasteiger partial charge in [-0.2, -0.15) is 0 Å². The van der Waals surface area contributed by atoms with Crippen molar-refractivity contribution in [3.05, 3.63) is 87.4 Å². The van der Waals surface area contributed by atoms with Crippen LogP contribution in [0.5, 0.6) is 0 Å². The highest BCUT2D eigenvalue weighted by molar-refractivity contribution is 9.10. The zero-order valence-electron chi connectivity index (χ0n) is 16.6. The number of halogens is 2. The van der Waals surface area contributed by atoms with E-state index in [9.17, 15) is 14.0 Å². The Hall–Kier alpha value is -3.10. The SMILES string of the molecule is Cc1cc(/C=C2\C(=O)NC(=S)N(c3ccc(F)cc3)C2=O)c(C)n1-c1ccc(Br)cc1. The molecule has 5 nitrogen and oxygen atoms in total. The fourth-order valence-corrected chi connectivity index (χ4v) is 4.10. The maximum atomic E-state index is 13.3. The number of aromatic nitrogens is 1. The highest BCUT2D eigenvalue weighted by atomic mass is 79.9. The second kappa shape index (κ2) is 8.20. The van der Waals surface area contributed by atoms with Crippen molar-refractivity contribution in [3.8, 4) is 5.69 Å². The van der Waals surface area contributed by atoms with Crippen LogP contribution in [0, 0.1) is 19.7 Å². The van der Waals surface area contributed by atoms with Crippen LogP contribution in [0.2, 0.25) is 0 Å². The van der Waals surface area contributed by atoms with Gasteiger partial charge in [0.25, 0.3) is 11.8 Å². The first-order valence-electron chi connectivity index (χ1n) is 9.38. The summed E-state index contributed by atoms with van der Waals surface area (Å²) < 4.78 is 16.3. The third-order valence-corrected chi connectivity index (χ3v) is 5.85. The number of benzene rings is 2. The Morgan fingerprint density at radius 2 is 1.61 bits per heavy atom. The van der Waals surface area contributed by atoms with E-state index in [1.54, 1.807) is 6.08 Å². The van der Waals surface area contributed by atoms with Gasteiger partial charge in [0, 0.05) is 21.5 Å². The van der Waals surface area contributed by atoms with Crippen molar-refractivity contribution in [2.24, 2.45) is 0 Å². The molecule has 1 N–H and O–H groups in total. The Morgan fingerprint density at radius 3 is 2.26 bits per heavy atom.